The van der Waals surface area contributed by atoms with E-state index in [-0.39, 0.29) is 17.0 Å². The van der Waals surface area contributed by atoms with Crippen LogP contribution in [0.2, 0.25) is 0 Å². The Morgan fingerprint density at radius 2 is 2.04 bits per heavy atom. The Morgan fingerprint density at radius 1 is 1.23 bits per heavy atom. The van der Waals surface area contributed by atoms with Crippen LogP contribution in [-0.2, 0) is 19.4 Å². The van der Waals surface area contributed by atoms with Crippen molar-refractivity contribution in [1.82, 2.24) is 14.7 Å². The van der Waals surface area contributed by atoms with Gasteiger partial charge in [-0.2, -0.15) is 0 Å². The molecule has 0 fully saturated rings. The molecule has 0 bridgehead atoms. The fourth-order valence-corrected chi connectivity index (χ4v) is 4.91. The van der Waals surface area contributed by atoms with Gasteiger partial charge in [-0.05, 0) is 37.3 Å². The van der Waals surface area contributed by atoms with E-state index in [9.17, 15) is 9.59 Å². The fourth-order valence-electron chi connectivity index (χ4n) is 3.31. The van der Waals surface area contributed by atoms with Crippen molar-refractivity contribution in [3.8, 4) is 0 Å². The second kappa shape index (κ2) is 7.32. The molecule has 26 heavy (non-hydrogen) atoms. The van der Waals surface area contributed by atoms with Gasteiger partial charge in [-0.15, -0.1) is 11.3 Å². The smallest absolute Gasteiger partial charge is 0.271 e. The summed E-state index contributed by atoms with van der Waals surface area (Å²) in [6, 6.07) is 7.68. The topological polar surface area (TPSA) is 63.5 Å². The third-order valence-corrected chi connectivity index (χ3v) is 6.62. The highest BCUT2D eigenvalue weighted by Crippen LogP contribution is 2.27. The lowest BCUT2D eigenvalue weighted by Crippen LogP contribution is -2.31. The van der Waals surface area contributed by atoms with Crippen LogP contribution in [0, 0.1) is 0 Å². The van der Waals surface area contributed by atoms with Crippen LogP contribution in [0.5, 0.6) is 0 Å². The van der Waals surface area contributed by atoms with E-state index < -0.39 is 0 Å². The fraction of sp³-hybridized carbons (Fsp3) is 0.316. The van der Waals surface area contributed by atoms with Gasteiger partial charge in [0.1, 0.15) is 5.56 Å². The number of thiazole rings is 1. The van der Waals surface area contributed by atoms with Crippen molar-refractivity contribution in [2.24, 2.45) is 0 Å². The monoisotopic (exact) mass is 431 g/mol. The van der Waals surface area contributed by atoms with Crippen LogP contribution < -0.4 is 10.9 Å². The first-order valence-electron chi connectivity index (χ1n) is 8.69. The van der Waals surface area contributed by atoms with Gasteiger partial charge in [0.15, 0.2) is 4.96 Å². The summed E-state index contributed by atoms with van der Waals surface area (Å²) < 4.78 is 2.58. The minimum Gasteiger partial charge on any atom is -0.348 e. The Hall–Kier alpha value is -1.99. The van der Waals surface area contributed by atoms with E-state index in [1.54, 1.807) is 15.7 Å². The summed E-state index contributed by atoms with van der Waals surface area (Å²) in [4.78, 5) is 31.8. The first-order chi connectivity index (χ1) is 12.6. The van der Waals surface area contributed by atoms with Crippen LogP contribution in [0.25, 0.3) is 4.96 Å². The zero-order valence-corrected chi connectivity index (χ0v) is 16.5. The Kier molecular flexibility index (Phi) is 4.91. The molecular weight excluding hydrogens is 414 g/mol. The third-order valence-electron chi connectivity index (χ3n) is 4.69. The van der Waals surface area contributed by atoms with Crippen LogP contribution in [0.3, 0.4) is 0 Å². The Morgan fingerprint density at radius 3 is 2.88 bits per heavy atom. The van der Waals surface area contributed by atoms with Crippen LogP contribution in [0.15, 0.2) is 39.7 Å². The number of halogens is 1. The van der Waals surface area contributed by atoms with E-state index in [0.717, 1.165) is 41.4 Å². The molecule has 0 unspecified atom stereocenters. The van der Waals surface area contributed by atoms with Crippen molar-refractivity contribution in [2.75, 3.05) is 0 Å². The molecule has 5 nitrogen and oxygen atoms in total. The maximum Gasteiger partial charge on any atom is 0.271 e. The highest BCUT2D eigenvalue weighted by Gasteiger charge is 2.20. The van der Waals surface area contributed by atoms with Crippen molar-refractivity contribution in [3.05, 3.63) is 67.0 Å². The summed E-state index contributed by atoms with van der Waals surface area (Å²) in [5, 5.41) is 2.83. The van der Waals surface area contributed by atoms with Gasteiger partial charge >= 0.3 is 0 Å². The molecule has 0 aliphatic heterocycles. The number of fused-ring (bicyclic) bond motifs is 3. The van der Waals surface area contributed by atoms with Crippen LogP contribution in [-0.4, -0.2) is 15.3 Å². The second-order valence-corrected chi connectivity index (χ2v) is 8.32. The molecule has 7 heteroatoms. The van der Waals surface area contributed by atoms with Crippen molar-refractivity contribution in [1.29, 1.82) is 0 Å². The molecule has 3 aromatic rings. The summed E-state index contributed by atoms with van der Waals surface area (Å²) in [6.07, 6.45) is 6.67. The van der Waals surface area contributed by atoms with Crippen LogP contribution in [0.4, 0.5) is 0 Å². The van der Waals surface area contributed by atoms with E-state index in [1.807, 2.05) is 24.3 Å². The number of aryl methyl sites for hydroxylation is 2. The minimum absolute atomic E-state index is 0.0967. The molecule has 0 saturated heterocycles. The third kappa shape index (κ3) is 3.21. The van der Waals surface area contributed by atoms with Crippen molar-refractivity contribution in [3.63, 3.8) is 0 Å². The highest BCUT2D eigenvalue weighted by molar-refractivity contribution is 9.10. The number of aromatic nitrogens is 2. The van der Waals surface area contributed by atoms with Crippen molar-refractivity contribution >= 4 is 38.1 Å². The number of rotatable bonds is 3. The Bertz CT molecular complexity index is 1040. The lowest BCUT2D eigenvalue weighted by molar-refractivity contribution is 0.0949. The summed E-state index contributed by atoms with van der Waals surface area (Å²) in [5.74, 6) is -0.388. The van der Waals surface area contributed by atoms with Gasteiger partial charge in [-0.25, -0.2) is 4.98 Å². The summed E-state index contributed by atoms with van der Waals surface area (Å²) >= 11 is 5.04. The van der Waals surface area contributed by atoms with Crippen LogP contribution >= 0.6 is 27.3 Å². The predicted octanol–water partition coefficient (Wildman–Crippen LogP) is 3.72. The molecule has 2 aromatic heterocycles. The highest BCUT2D eigenvalue weighted by atomic mass is 79.9. The van der Waals surface area contributed by atoms with E-state index in [1.165, 1.54) is 17.5 Å². The van der Waals surface area contributed by atoms with Gasteiger partial charge in [-0.3, -0.25) is 14.0 Å². The van der Waals surface area contributed by atoms with Gasteiger partial charge in [-0.1, -0.05) is 40.5 Å². The molecule has 134 valence electrons. The maximum atomic E-state index is 13.0. The number of carbonyl (C=O) groups is 1. The molecule has 0 spiro atoms. The van der Waals surface area contributed by atoms with Gasteiger partial charge in [0.05, 0.1) is 0 Å². The van der Waals surface area contributed by atoms with Crippen molar-refractivity contribution < 1.29 is 4.79 Å². The standard InChI is InChI=1S/C19H18BrN3O2S/c20-14-7-5-4-6-12(14)10-21-17(24)13-11-22-19-23(18(13)25)15-8-2-1-3-9-16(15)26-19/h4-7,11H,1-3,8-10H2,(H,21,24). The lowest BCUT2D eigenvalue weighted by Gasteiger charge is -2.07. The molecule has 0 radical (unpaired) electrons. The van der Waals surface area contributed by atoms with Gasteiger partial charge < -0.3 is 5.32 Å². The zero-order valence-electron chi connectivity index (χ0n) is 14.1. The van der Waals surface area contributed by atoms with E-state index in [2.05, 4.69) is 26.2 Å². The SMILES string of the molecule is O=C(NCc1ccccc1Br)c1cnc2sc3c(n2c1=O)CCCCC3. The number of carbonyl (C=O) groups excluding carboxylic acids is 1. The lowest BCUT2D eigenvalue weighted by atomic mass is 10.2. The molecule has 1 N–H and O–H groups in total. The number of nitrogens with one attached hydrogen (secondary N) is 1. The second-order valence-electron chi connectivity index (χ2n) is 6.40. The molecule has 1 aromatic carbocycles. The first kappa shape index (κ1) is 17.4. The zero-order chi connectivity index (χ0) is 18.1. The summed E-state index contributed by atoms with van der Waals surface area (Å²) in [6.45, 7) is 0.351. The first-order valence-corrected chi connectivity index (χ1v) is 10.3. The summed E-state index contributed by atoms with van der Waals surface area (Å²) in [7, 11) is 0. The Labute approximate surface area is 163 Å². The van der Waals surface area contributed by atoms with Gasteiger partial charge in [0.25, 0.3) is 11.5 Å². The Balaban J connectivity index is 1.65. The molecule has 1 aliphatic carbocycles. The van der Waals surface area contributed by atoms with Gasteiger partial charge in [0.2, 0.25) is 0 Å². The summed E-state index contributed by atoms with van der Waals surface area (Å²) in [5.41, 5.74) is 1.83. The molecule has 0 atom stereocenters. The molecule has 4 rings (SSSR count). The number of hydrogen-bond acceptors (Lipinski definition) is 4. The van der Waals surface area contributed by atoms with Crippen LogP contribution in [0.1, 0.15) is 45.8 Å². The van der Waals surface area contributed by atoms with Crippen molar-refractivity contribution in [2.45, 2.75) is 38.6 Å². The number of nitrogens with zero attached hydrogens (tertiary/aromatic N) is 2. The predicted molar refractivity (Wildman–Crippen MR) is 106 cm³/mol. The average Bonchev–Trinajstić information content (AvgIpc) is 2.84. The molecule has 0 saturated carbocycles. The van der Waals surface area contributed by atoms with E-state index >= 15 is 0 Å². The van der Waals surface area contributed by atoms with E-state index in [4.69, 9.17) is 0 Å². The maximum absolute atomic E-state index is 13.0. The molecule has 1 aliphatic rings. The molecule has 1 amide bonds. The quantitative estimate of drug-likeness (QED) is 0.642. The largest absolute Gasteiger partial charge is 0.348 e. The van der Waals surface area contributed by atoms with Gasteiger partial charge in [0, 0.05) is 27.8 Å². The molecular formula is C19H18BrN3O2S. The van der Waals surface area contributed by atoms with E-state index in [0.29, 0.717) is 11.5 Å². The number of benzene rings is 1. The average molecular weight is 432 g/mol. The normalized spacial score (nSPS) is 14.0. The minimum atomic E-state index is -0.388. The number of amides is 1. The molecule has 2 heterocycles. The number of hydrogen-bond donors (Lipinski definition) is 1.